The summed E-state index contributed by atoms with van der Waals surface area (Å²) in [5.41, 5.74) is 9.14. The molecule has 0 fully saturated rings. The van der Waals surface area contributed by atoms with Crippen LogP contribution in [0.2, 0.25) is 32.2 Å². The SMILES string of the molecule is C[Si](C)(CCO)C1=CCC(c2cc3c(c4c2[Si]4(C)C)Cc2ccccc2-3)=C1. The lowest BCUT2D eigenvalue weighted by Gasteiger charge is -2.21. The molecule has 1 aliphatic heterocycles. The van der Waals surface area contributed by atoms with Gasteiger partial charge in [-0.15, -0.1) is 0 Å². The van der Waals surface area contributed by atoms with Gasteiger partial charge in [-0.25, -0.2) is 0 Å². The van der Waals surface area contributed by atoms with E-state index in [0.717, 1.165) is 18.9 Å². The van der Waals surface area contributed by atoms with Crippen molar-refractivity contribution in [1.29, 1.82) is 0 Å². The summed E-state index contributed by atoms with van der Waals surface area (Å²) in [6.07, 6.45) is 7.12. The second-order valence-electron chi connectivity index (χ2n) is 9.55. The van der Waals surface area contributed by atoms with Gasteiger partial charge in [-0.05, 0) is 63.5 Å². The van der Waals surface area contributed by atoms with Crippen molar-refractivity contribution in [3.05, 3.63) is 64.4 Å². The topological polar surface area (TPSA) is 20.2 Å². The molecule has 0 spiro atoms. The van der Waals surface area contributed by atoms with Crippen LogP contribution in [-0.4, -0.2) is 27.9 Å². The molecule has 0 unspecified atom stereocenters. The fourth-order valence-corrected chi connectivity index (χ4v) is 11.2. The van der Waals surface area contributed by atoms with E-state index in [0.29, 0.717) is 6.61 Å². The normalized spacial score (nSPS) is 18.6. The van der Waals surface area contributed by atoms with Crippen molar-refractivity contribution in [3.63, 3.8) is 0 Å². The molecule has 1 nitrogen and oxygen atoms in total. The smallest absolute Gasteiger partial charge is 0.113 e. The van der Waals surface area contributed by atoms with Gasteiger partial charge in [0.15, 0.2) is 0 Å². The zero-order valence-corrected chi connectivity index (χ0v) is 18.8. The molecule has 0 bridgehead atoms. The lowest BCUT2D eigenvalue weighted by Crippen LogP contribution is -2.28. The van der Waals surface area contributed by atoms with Crippen LogP contribution in [0.5, 0.6) is 0 Å². The van der Waals surface area contributed by atoms with E-state index in [1.807, 2.05) is 0 Å². The van der Waals surface area contributed by atoms with E-state index < -0.39 is 16.1 Å². The highest BCUT2D eigenvalue weighted by Crippen LogP contribution is 2.43. The van der Waals surface area contributed by atoms with Crippen LogP contribution in [0.3, 0.4) is 0 Å². The van der Waals surface area contributed by atoms with Crippen LogP contribution in [0.4, 0.5) is 0 Å². The molecule has 2 aliphatic carbocycles. The van der Waals surface area contributed by atoms with Gasteiger partial charge in [-0.1, -0.05) is 73.0 Å². The lowest BCUT2D eigenvalue weighted by molar-refractivity contribution is 0.316. The summed E-state index contributed by atoms with van der Waals surface area (Å²) in [6.45, 7) is 10.1. The Bertz CT molecular complexity index is 1040. The third-order valence-corrected chi connectivity index (χ3v) is 13.7. The molecular weight excluding hydrogens is 360 g/mol. The van der Waals surface area contributed by atoms with Crippen molar-refractivity contribution >= 4 is 32.1 Å². The molecule has 27 heavy (non-hydrogen) atoms. The van der Waals surface area contributed by atoms with Crippen molar-refractivity contribution in [3.8, 4) is 11.1 Å². The van der Waals surface area contributed by atoms with Gasteiger partial charge in [0.2, 0.25) is 0 Å². The average Bonchev–Trinajstić information content (AvgIpc) is 3.02. The van der Waals surface area contributed by atoms with Crippen LogP contribution < -0.4 is 10.4 Å². The second kappa shape index (κ2) is 5.66. The van der Waals surface area contributed by atoms with E-state index in [1.165, 1.54) is 33.0 Å². The summed E-state index contributed by atoms with van der Waals surface area (Å²) < 4.78 is 0. The van der Waals surface area contributed by atoms with Crippen LogP contribution in [0.25, 0.3) is 16.7 Å². The summed E-state index contributed by atoms with van der Waals surface area (Å²) in [5.74, 6) is 0. The summed E-state index contributed by atoms with van der Waals surface area (Å²) in [5, 5.41) is 14.4. The van der Waals surface area contributed by atoms with E-state index in [2.05, 4.69) is 68.7 Å². The predicted molar refractivity (Wildman–Crippen MR) is 121 cm³/mol. The fraction of sp³-hybridized carbons (Fsp3) is 0.333. The van der Waals surface area contributed by atoms with Crippen molar-refractivity contribution in [2.75, 3.05) is 6.61 Å². The summed E-state index contributed by atoms with van der Waals surface area (Å²) in [4.78, 5) is 0. The number of hydrogen-bond donors (Lipinski definition) is 1. The molecule has 2 aromatic carbocycles. The zero-order chi connectivity index (χ0) is 19.0. The van der Waals surface area contributed by atoms with Crippen molar-refractivity contribution in [2.45, 2.75) is 45.1 Å². The molecule has 0 saturated heterocycles. The Labute approximate surface area is 164 Å². The number of hydrogen-bond acceptors (Lipinski definition) is 1. The van der Waals surface area contributed by atoms with E-state index in [9.17, 15) is 5.11 Å². The minimum absolute atomic E-state index is 0.310. The number of benzene rings is 2. The van der Waals surface area contributed by atoms with Gasteiger partial charge in [0.25, 0.3) is 0 Å². The minimum Gasteiger partial charge on any atom is -0.397 e. The Morgan fingerprint density at radius 3 is 2.59 bits per heavy atom. The highest BCUT2D eigenvalue weighted by Gasteiger charge is 2.50. The standard InChI is InChI=1S/C24H28OSi2/c1-26(2,12-11-25)18-10-9-17(13-18)20-15-21-19-8-6-5-7-16(19)14-22(21)24-23(20)27(24,3)4/h5-8,10,13,15,25H,9,11-12,14H2,1-4H3. The van der Waals surface area contributed by atoms with Crippen LogP contribution in [-0.2, 0) is 6.42 Å². The second-order valence-corrected chi connectivity index (χ2v) is 18.6. The molecule has 3 heteroatoms. The number of aliphatic hydroxyl groups is 1. The van der Waals surface area contributed by atoms with Gasteiger partial charge < -0.3 is 5.11 Å². The maximum Gasteiger partial charge on any atom is 0.113 e. The van der Waals surface area contributed by atoms with Gasteiger partial charge in [-0.2, -0.15) is 0 Å². The zero-order valence-electron chi connectivity index (χ0n) is 16.8. The largest absolute Gasteiger partial charge is 0.397 e. The first-order valence-electron chi connectivity index (χ1n) is 10.2. The van der Waals surface area contributed by atoms with Gasteiger partial charge >= 0.3 is 0 Å². The van der Waals surface area contributed by atoms with Crippen molar-refractivity contribution < 1.29 is 5.11 Å². The number of fused-ring (bicyclic) bond motifs is 5. The van der Waals surface area contributed by atoms with Crippen molar-refractivity contribution in [2.24, 2.45) is 0 Å². The van der Waals surface area contributed by atoms with Gasteiger partial charge in [0.1, 0.15) is 8.07 Å². The minimum atomic E-state index is -1.51. The number of allylic oxidation sites excluding steroid dienone is 4. The molecule has 5 rings (SSSR count). The maximum absolute atomic E-state index is 9.46. The van der Waals surface area contributed by atoms with E-state index >= 15 is 0 Å². The van der Waals surface area contributed by atoms with Gasteiger partial charge in [-0.3, -0.25) is 0 Å². The molecule has 0 saturated carbocycles. The first-order chi connectivity index (χ1) is 12.8. The first-order valence-corrected chi connectivity index (χ1v) is 16.4. The van der Waals surface area contributed by atoms with E-state index in [4.69, 9.17) is 0 Å². The quantitative estimate of drug-likeness (QED) is 0.659. The van der Waals surface area contributed by atoms with Crippen LogP contribution in [0.15, 0.2) is 47.7 Å². The number of aliphatic hydroxyl groups excluding tert-OH is 1. The molecule has 1 N–H and O–H groups in total. The molecule has 138 valence electrons. The van der Waals surface area contributed by atoms with E-state index in [1.54, 1.807) is 15.9 Å². The third-order valence-electron chi connectivity index (χ3n) is 7.03. The Morgan fingerprint density at radius 1 is 1.04 bits per heavy atom. The average molecular weight is 389 g/mol. The molecular formula is C24H28OSi2. The fourth-order valence-electron chi connectivity index (χ4n) is 5.32. The third kappa shape index (κ3) is 2.45. The Kier molecular flexibility index (Phi) is 3.65. The highest BCUT2D eigenvalue weighted by atomic mass is 28.3. The Morgan fingerprint density at radius 2 is 1.81 bits per heavy atom. The van der Waals surface area contributed by atoms with Crippen LogP contribution >= 0.6 is 0 Å². The van der Waals surface area contributed by atoms with Crippen LogP contribution in [0, 0.1) is 0 Å². The predicted octanol–water partition coefficient (Wildman–Crippen LogP) is 4.35. The monoisotopic (exact) mass is 388 g/mol. The molecule has 0 amide bonds. The van der Waals surface area contributed by atoms with Crippen LogP contribution in [0.1, 0.15) is 23.1 Å². The summed E-state index contributed by atoms with van der Waals surface area (Å²) in [6, 6.07) is 12.4. The lowest BCUT2D eigenvalue weighted by atomic mass is 9.98. The van der Waals surface area contributed by atoms with Gasteiger partial charge in [0.05, 0.1) is 8.07 Å². The highest BCUT2D eigenvalue weighted by molar-refractivity contribution is 7.16. The molecule has 2 aromatic rings. The van der Waals surface area contributed by atoms with Gasteiger partial charge in [0, 0.05) is 6.61 Å². The summed E-state index contributed by atoms with van der Waals surface area (Å²) in [7, 11) is -2.89. The molecule has 3 aliphatic rings. The molecule has 0 radical (unpaired) electrons. The van der Waals surface area contributed by atoms with E-state index in [-0.39, 0.29) is 0 Å². The Balaban J connectivity index is 1.61. The maximum atomic E-state index is 9.46. The van der Waals surface area contributed by atoms with Crippen molar-refractivity contribution in [1.82, 2.24) is 0 Å². The molecule has 0 aromatic heterocycles. The Hall–Kier alpha value is -1.69. The molecule has 1 heterocycles. The molecule has 0 atom stereocenters. The number of rotatable bonds is 4. The summed E-state index contributed by atoms with van der Waals surface area (Å²) >= 11 is 0. The first kappa shape index (κ1) is 17.4.